The van der Waals surface area contributed by atoms with Crippen LogP contribution in [-0.4, -0.2) is 48.6 Å². The molecule has 7 nitrogen and oxygen atoms in total. The molecule has 9 heteroatoms. The fourth-order valence-corrected chi connectivity index (χ4v) is 5.26. The van der Waals surface area contributed by atoms with Crippen molar-refractivity contribution in [1.29, 1.82) is 0 Å². The first-order valence-electron chi connectivity index (χ1n) is 12.6. The van der Waals surface area contributed by atoms with Crippen molar-refractivity contribution in [1.82, 2.24) is 4.90 Å². The van der Waals surface area contributed by atoms with Crippen LogP contribution in [0.15, 0.2) is 54.6 Å². The smallest absolute Gasteiger partial charge is 0.256 e. The van der Waals surface area contributed by atoms with Crippen LogP contribution in [0.25, 0.3) is 0 Å². The molecule has 39 heavy (non-hydrogen) atoms. The first-order valence-corrected chi connectivity index (χ1v) is 13.4. The molecule has 0 radical (unpaired) electrons. The SMILES string of the molecule is COc1ccc(CCN2C(=S)N(c3cc(C)ccc3C)C(=O)[C@H]2CC(=O)Nc2cccc(Cl)c2C)cc1OC. The van der Waals surface area contributed by atoms with Gasteiger partial charge in [-0.05, 0) is 92.0 Å². The van der Waals surface area contributed by atoms with Crippen LogP contribution in [0.4, 0.5) is 11.4 Å². The number of carbonyl (C=O) groups excluding carboxylic acids is 2. The van der Waals surface area contributed by atoms with Crippen molar-refractivity contribution >= 4 is 52.1 Å². The molecule has 0 spiro atoms. The number of amides is 2. The van der Waals surface area contributed by atoms with Gasteiger partial charge in [-0.3, -0.25) is 14.5 Å². The fraction of sp³-hybridized carbons (Fsp3) is 0.300. The standard InChI is InChI=1S/C30H32ClN3O4S/c1-18-9-10-19(2)24(15-18)34-29(36)25(17-28(35)32-23-8-6-7-22(31)20(23)3)33(30(34)39)14-13-21-11-12-26(37-4)27(16-21)38-5/h6-12,15-16,25H,13-14,17H2,1-5H3,(H,32,35)/t25-/m1/s1. The van der Waals surface area contributed by atoms with Crippen molar-refractivity contribution in [3.05, 3.63) is 81.9 Å². The number of methoxy groups -OCH3 is 2. The Bertz CT molecular complexity index is 1430. The van der Waals surface area contributed by atoms with Gasteiger partial charge < -0.3 is 19.7 Å². The van der Waals surface area contributed by atoms with E-state index in [4.69, 9.17) is 33.3 Å². The van der Waals surface area contributed by atoms with E-state index < -0.39 is 6.04 Å². The maximum Gasteiger partial charge on any atom is 0.256 e. The number of anilines is 2. The van der Waals surface area contributed by atoms with Crippen LogP contribution < -0.4 is 19.7 Å². The molecule has 1 atom stereocenters. The molecule has 0 aliphatic carbocycles. The average molecular weight is 566 g/mol. The highest BCUT2D eigenvalue weighted by Crippen LogP contribution is 2.32. The van der Waals surface area contributed by atoms with Gasteiger partial charge in [0.25, 0.3) is 5.91 Å². The second-order valence-corrected chi connectivity index (χ2v) is 10.3. The number of carbonyl (C=O) groups is 2. The first-order chi connectivity index (χ1) is 18.6. The highest BCUT2D eigenvalue weighted by molar-refractivity contribution is 7.80. The minimum atomic E-state index is -0.753. The van der Waals surface area contributed by atoms with Gasteiger partial charge in [0.05, 0.1) is 26.3 Å². The molecule has 204 valence electrons. The van der Waals surface area contributed by atoms with Gasteiger partial charge in [0, 0.05) is 17.3 Å². The predicted molar refractivity (Wildman–Crippen MR) is 159 cm³/mol. The molecule has 1 heterocycles. The Hall–Kier alpha value is -3.62. The largest absolute Gasteiger partial charge is 0.493 e. The summed E-state index contributed by atoms with van der Waals surface area (Å²) >= 11 is 12.1. The van der Waals surface area contributed by atoms with Crippen molar-refractivity contribution in [2.45, 2.75) is 39.7 Å². The number of ether oxygens (including phenoxy) is 2. The van der Waals surface area contributed by atoms with Crippen LogP contribution in [0.2, 0.25) is 5.02 Å². The topological polar surface area (TPSA) is 71.1 Å². The molecule has 0 unspecified atom stereocenters. The maximum absolute atomic E-state index is 13.9. The molecule has 1 fully saturated rings. The molecule has 1 aliphatic rings. The molecule has 1 N–H and O–H groups in total. The molecule has 1 aliphatic heterocycles. The monoisotopic (exact) mass is 565 g/mol. The third-order valence-corrected chi connectivity index (χ3v) is 7.76. The van der Waals surface area contributed by atoms with Gasteiger partial charge in [0.1, 0.15) is 6.04 Å². The lowest BCUT2D eigenvalue weighted by Crippen LogP contribution is -2.39. The third kappa shape index (κ3) is 6.02. The fourth-order valence-electron chi connectivity index (χ4n) is 4.67. The number of nitrogens with zero attached hydrogens (tertiary/aromatic N) is 2. The van der Waals surface area contributed by atoms with E-state index in [1.54, 1.807) is 37.3 Å². The summed E-state index contributed by atoms with van der Waals surface area (Å²) in [6, 6.07) is 16.2. The van der Waals surface area contributed by atoms with Crippen LogP contribution in [0, 0.1) is 20.8 Å². The van der Waals surface area contributed by atoms with Gasteiger partial charge >= 0.3 is 0 Å². The molecule has 1 saturated heterocycles. The maximum atomic E-state index is 13.9. The molecule has 2 amide bonds. The number of benzene rings is 3. The van der Waals surface area contributed by atoms with E-state index >= 15 is 0 Å². The Balaban J connectivity index is 1.62. The lowest BCUT2D eigenvalue weighted by atomic mass is 10.1. The van der Waals surface area contributed by atoms with Crippen molar-refractivity contribution in [3.8, 4) is 11.5 Å². The Morgan fingerprint density at radius 3 is 2.49 bits per heavy atom. The zero-order valence-corrected chi connectivity index (χ0v) is 24.3. The Kier molecular flexibility index (Phi) is 8.77. The summed E-state index contributed by atoms with van der Waals surface area (Å²) in [5.74, 6) is 0.749. The number of hydrogen-bond acceptors (Lipinski definition) is 5. The molecule has 3 aromatic carbocycles. The van der Waals surface area contributed by atoms with E-state index in [2.05, 4.69) is 5.32 Å². The summed E-state index contributed by atoms with van der Waals surface area (Å²) in [5.41, 5.74) is 5.05. The van der Waals surface area contributed by atoms with Crippen molar-refractivity contribution in [3.63, 3.8) is 0 Å². The Morgan fingerprint density at radius 2 is 1.77 bits per heavy atom. The van der Waals surface area contributed by atoms with E-state index in [1.807, 2.05) is 62.1 Å². The van der Waals surface area contributed by atoms with Gasteiger partial charge in [-0.25, -0.2) is 0 Å². The highest BCUT2D eigenvalue weighted by Gasteiger charge is 2.44. The summed E-state index contributed by atoms with van der Waals surface area (Å²) < 4.78 is 10.8. The number of halogens is 1. The molecule has 4 rings (SSSR count). The number of thiocarbonyl (C=S) groups is 1. The van der Waals surface area contributed by atoms with Gasteiger partial charge in [0.15, 0.2) is 16.6 Å². The third-order valence-electron chi connectivity index (χ3n) is 6.93. The van der Waals surface area contributed by atoms with Crippen LogP contribution in [-0.2, 0) is 16.0 Å². The molecular formula is C30H32ClN3O4S. The van der Waals surface area contributed by atoms with E-state index in [-0.39, 0.29) is 18.2 Å². The lowest BCUT2D eigenvalue weighted by molar-refractivity contribution is -0.124. The molecule has 0 aromatic heterocycles. The number of rotatable bonds is 9. The van der Waals surface area contributed by atoms with Gasteiger partial charge in [-0.2, -0.15) is 0 Å². The molecule has 0 saturated carbocycles. The molecule has 3 aromatic rings. The Morgan fingerprint density at radius 1 is 1.03 bits per heavy atom. The average Bonchev–Trinajstić information content (AvgIpc) is 3.14. The molecule has 0 bridgehead atoms. The summed E-state index contributed by atoms with van der Waals surface area (Å²) in [4.78, 5) is 30.5. The van der Waals surface area contributed by atoms with Crippen LogP contribution in [0.1, 0.15) is 28.7 Å². The summed E-state index contributed by atoms with van der Waals surface area (Å²) in [6.07, 6.45) is 0.526. The van der Waals surface area contributed by atoms with Gasteiger partial charge in [0.2, 0.25) is 5.91 Å². The summed E-state index contributed by atoms with van der Waals surface area (Å²) in [7, 11) is 3.18. The lowest BCUT2D eigenvalue weighted by Gasteiger charge is -2.24. The summed E-state index contributed by atoms with van der Waals surface area (Å²) in [6.45, 7) is 6.20. The number of aryl methyl sites for hydroxylation is 2. The van der Waals surface area contributed by atoms with Crippen molar-refractivity contribution in [2.75, 3.05) is 31.0 Å². The highest BCUT2D eigenvalue weighted by atomic mass is 35.5. The van der Waals surface area contributed by atoms with Gasteiger partial charge in [-0.15, -0.1) is 0 Å². The minimum absolute atomic E-state index is 0.0573. The second-order valence-electron chi connectivity index (χ2n) is 9.56. The zero-order chi connectivity index (χ0) is 28.3. The van der Waals surface area contributed by atoms with Crippen molar-refractivity contribution < 1.29 is 19.1 Å². The van der Waals surface area contributed by atoms with Crippen LogP contribution >= 0.6 is 23.8 Å². The predicted octanol–water partition coefficient (Wildman–Crippen LogP) is 5.86. The number of hydrogen-bond donors (Lipinski definition) is 1. The summed E-state index contributed by atoms with van der Waals surface area (Å²) in [5, 5.41) is 3.86. The second kappa shape index (κ2) is 12.1. The Labute approximate surface area is 239 Å². The zero-order valence-electron chi connectivity index (χ0n) is 22.7. The van der Waals surface area contributed by atoms with E-state index in [0.717, 1.165) is 27.9 Å². The van der Waals surface area contributed by atoms with Crippen LogP contribution in [0.3, 0.4) is 0 Å². The van der Waals surface area contributed by atoms with E-state index in [9.17, 15) is 9.59 Å². The van der Waals surface area contributed by atoms with Crippen LogP contribution in [0.5, 0.6) is 11.5 Å². The molecular weight excluding hydrogens is 534 g/mol. The van der Waals surface area contributed by atoms with E-state index in [0.29, 0.717) is 40.3 Å². The minimum Gasteiger partial charge on any atom is -0.493 e. The first kappa shape index (κ1) is 28.4. The van der Waals surface area contributed by atoms with Crippen molar-refractivity contribution in [2.24, 2.45) is 0 Å². The number of nitrogens with one attached hydrogen (secondary N) is 1. The quantitative estimate of drug-likeness (QED) is 0.328. The van der Waals surface area contributed by atoms with E-state index in [1.165, 1.54) is 0 Å². The normalized spacial score (nSPS) is 15.1. The van der Waals surface area contributed by atoms with Gasteiger partial charge in [-0.1, -0.05) is 35.9 Å².